The second-order valence-corrected chi connectivity index (χ2v) is 4.64. The number of nitrogens with two attached hydrogens (primary N) is 1. The van der Waals surface area contributed by atoms with Crippen molar-refractivity contribution in [2.45, 2.75) is 6.04 Å². The van der Waals surface area contributed by atoms with Gasteiger partial charge in [0.25, 0.3) is 0 Å². The fraction of sp³-hybridized carbons (Fsp3) is 0.200. The van der Waals surface area contributed by atoms with E-state index in [1.54, 1.807) is 11.9 Å². The van der Waals surface area contributed by atoms with Crippen LogP contribution in [0.25, 0.3) is 0 Å². The van der Waals surface area contributed by atoms with Gasteiger partial charge in [-0.15, -0.1) is 0 Å². The van der Waals surface area contributed by atoms with Crippen LogP contribution in [0, 0.1) is 23.3 Å². The zero-order valence-corrected chi connectivity index (χ0v) is 11.3. The molecule has 2 aromatic carbocycles. The van der Waals surface area contributed by atoms with E-state index in [0.717, 1.165) is 12.1 Å². The zero-order valence-electron chi connectivity index (χ0n) is 11.3. The minimum Gasteiger partial charge on any atom is -0.366 e. The summed E-state index contributed by atoms with van der Waals surface area (Å²) in [6.45, 7) is 0.0540. The first-order valence-corrected chi connectivity index (χ1v) is 6.27. The molecule has 21 heavy (non-hydrogen) atoms. The molecular formula is C15H14F4N2. The molecule has 0 heterocycles. The molecule has 0 spiro atoms. The van der Waals surface area contributed by atoms with Crippen molar-refractivity contribution in [1.82, 2.24) is 0 Å². The van der Waals surface area contributed by atoms with Crippen molar-refractivity contribution in [3.63, 3.8) is 0 Å². The lowest BCUT2D eigenvalue weighted by Gasteiger charge is -2.29. The summed E-state index contributed by atoms with van der Waals surface area (Å²) in [6.07, 6.45) is 0. The van der Waals surface area contributed by atoms with Crippen molar-refractivity contribution < 1.29 is 17.6 Å². The summed E-state index contributed by atoms with van der Waals surface area (Å²) in [4.78, 5) is 1.64. The molecule has 0 amide bonds. The smallest absolute Gasteiger partial charge is 0.194 e. The summed E-state index contributed by atoms with van der Waals surface area (Å²) < 4.78 is 52.6. The number of halogens is 4. The van der Waals surface area contributed by atoms with Gasteiger partial charge in [-0.2, -0.15) is 0 Å². The first kappa shape index (κ1) is 15.3. The summed E-state index contributed by atoms with van der Waals surface area (Å²) >= 11 is 0. The largest absolute Gasteiger partial charge is 0.366 e. The summed E-state index contributed by atoms with van der Waals surface area (Å²) in [6, 6.07) is 6.84. The molecule has 0 fully saturated rings. The summed E-state index contributed by atoms with van der Waals surface area (Å²) in [5.41, 5.74) is 6.49. The maximum Gasteiger partial charge on any atom is 0.194 e. The molecule has 2 rings (SSSR count). The Morgan fingerprint density at radius 1 is 1.00 bits per heavy atom. The van der Waals surface area contributed by atoms with Crippen molar-refractivity contribution in [2.75, 3.05) is 18.5 Å². The Hall–Kier alpha value is -2.08. The molecular weight excluding hydrogens is 284 g/mol. The maximum absolute atomic E-state index is 13.3. The van der Waals surface area contributed by atoms with E-state index in [0.29, 0.717) is 5.69 Å². The SMILES string of the molecule is CN(c1ccc(F)cc1)C(CN)c1cc(F)c(F)c(F)c1. The van der Waals surface area contributed by atoms with Crippen LogP contribution >= 0.6 is 0 Å². The predicted molar refractivity (Wildman–Crippen MR) is 72.9 cm³/mol. The highest BCUT2D eigenvalue weighted by Gasteiger charge is 2.20. The third kappa shape index (κ3) is 3.16. The molecule has 2 nitrogen and oxygen atoms in total. The van der Waals surface area contributed by atoms with Crippen LogP contribution in [0.4, 0.5) is 23.2 Å². The van der Waals surface area contributed by atoms with Crippen LogP contribution in [0.3, 0.4) is 0 Å². The second-order valence-electron chi connectivity index (χ2n) is 4.64. The number of anilines is 1. The third-order valence-corrected chi connectivity index (χ3v) is 3.32. The number of hydrogen-bond donors (Lipinski definition) is 1. The van der Waals surface area contributed by atoms with E-state index in [2.05, 4.69) is 0 Å². The lowest BCUT2D eigenvalue weighted by atomic mass is 10.0. The van der Waals surface area contributed by atoms with Gasteiger partial charge >= 0.3 is 0 Å². The van der Waals surface area contributed by atoms with E-state index in [1.807, 2.05) is 0 Å². The molecule has 0 bridgehead atoms. The molecule has 1 atom stereocenters. The van der Waals surface area contributed by atoms with Gasteiger partial charge in [0, 0.05) is 19.3 Å². The zero-order chi connectivity index (χ0) is 15.6. The van der Waals surface area contributed by atoms with E-state index in [-0.39, 0.29) is 12.1 Å². The predicted octanol–water partition coefficient (Wildman–Crippen LogP) is 3.38. The minimum absolute atomic E-state index is 0.0540. The van der Waals surface area contributed by atoms with Crippen LogP contribution in [-0.2, 0) is 0 Å². The van der Waals surface area contributed by atoms with Gasteiger partial charge in [-0.25, -0.2) is 17.6 Å². The maximum atomic E-state index is 13.3. The van der Waals surface area contributed by atoms with Crippen molar-refractivity contribution in [2.24, 2.45) is 5.73 Å². The first-order valence-electron chi connectivity index (χ1n) is 6.27. The van der Waals surface area contributed by atoms with E-state index in [9.17, 15) is 17.6 Å². The second kappa shape index (κ2) is 6.13. The number of nitrogens with zero attached hydrogens (tertiary/aromatic N) is 1. The molecule has 0 aliphatic rings. The molecule has 0 saturated heterocycles. The molecule has 2 N–H and O–H groups in total. The van der Waals surface area contributed by atoms with Gasteiger partial charge in [-0.1, -0.05) is 0 Å². The highest BCUT2D eigenvalue weighted by Crippen LogP contribution is 2.27. The average Bonchev–Trinajstić information content (AvgIpc) is 2.46. The van der Waals surface area contributed by atoms with Gasteiger partial charge in [0.2, 0.25) is 0 Å². The Balaban J connectivity index is 2.37. The molecule has 0 radical (unpaired) electrons. The van der Waals surface area contributed by atoms with Crippen molar-refractivity contribution in [1.29, 1.82) is 0 Å². The third-order valence-electron chi connectivity index (χ3n) is 3.32. The fourth-order valence-electron chi connectivity index (χ4n) is 2.14. The van der Waals surface area contributed by atoms with Crippen LogP contribution in [0.5, 0.6) is 0 Å². The quantitative estimate of drug-likeness (QED) is 0.692. The van der Waals surface area contributed by atoms with Crippen molar-refractivity contribution in [3.8, 4) is 0 Å². The average molecular weight is 298 g/mol. The minimum atomic E-state index is -1.51. The van der Waals surface area contributed by atoms with Crippen LogP contribution in [-0.4, -0.2) is 13.6 Å². The lowest BCUT2D eigenvalue weighted by molar-refractivity contribution is 0.443. The van der Waals surface area contributed by atoms with Gasteiger partial charge in [0.1, 0.15) is 5.82 Å². The lowest BCUT2D eigenvalue weighted by Crippen LogP contribution is -2.30. The molecule has 1 unspecified atom stereocenters. The van der Waals surface area contributed by atoms with E-state index >= 15 is 0 Å². The standard InChI is InChI=1S/C15H14F4N2/c1-21(11-4-2-10(16)3-5-11)14(8-20)9-6-12(17)15(19)13(18)7-9/h2-7,14H,8,20H2,1H3. The number of likely N-dealkylation sites (N-methyl/N-ethyl adjacent to an activating group) is 1. The van der Waals surface area contributed by atoms with E-state index in [1.165, 1.54) is 24.3 Å². The van der Waals surface area contributed by atoms with Crippen LogP contribution in [0.1, 0.15) is 11.6 Å². The summed E-state index contributed by atoms with van der Waals surface area (Å²) in [7, 11) is 1.66. The molecule has 112 valence electrons. The van der Waals surface area contributed by atoms with Gasteiger partial charge in [-0.3, -0.25) is 0 Å². The Morgan fingerprint density at radius 2 is 1.52 bits per heavy atom. The number of rotatable bonds is 4. The highest BCUT2D eigenvalue weighted by molar-refractivity contribution is 5.48. The monoisotopic (exact) mass is 298 g/mol. The molecule has 2 aromatic rings. The van der Waals surface area contributed by atoms with Gasteiger partial charge in [0.05, 0.1) is 6.04 Å². The summed E-state index contributed by atoms with van der Waals surface area (Å²) in [5.74, 6) is -4.44. The van der Waals surface area contributed by atoms with Gasteiger partial charge in [-0.05, 0) is 42.0 Å². The summed E-state index contributed by atoms with van der Waals surface area (Å²) in [5, 5.41) is 0. The Bertz CT molecular complexity index is 605. The van der Waals surface area contributed by atoms with Crippen LogP contribution in [0.15, 0.2) is 36.4 Å². The van der Waals surface area contributed by atoms with Crippen LogP contribution in [0.2, 0.25) is 0 Å². The topological polar surface area (TPSA) is 29.3 Å². The molecule has 6 heteroatoms. The molecule has 0 aromatic heterocycles. The fourth-order valence-corrected chi connectivity index (χ4v) is 2.14. The molecule has 0 saturated carbocycles. The Morgan fingerprint density at radius 3 is 2.00 bits per heavy atom. The Kier molecular flexibility index (Phi) is 4.47. The van der Waals surface area contributed by atoms with E-state index < -0.39 is 29.3 Å². The van der Waals surface area contributed by atoms with Crippen LogP contribution < -0.4 is 10.6 Å². The first-order chi connectivity index (χ1) is 9.93. The van der Waals surface area contributed by atoms with Gasteiger partial charge in [0.15, 0.2) is 17.5 Å². The van der Waals surface area contributed by atoms with Crippen molar-refractivity contribution >= 4 is 5.69 Å². The number of hydrogen-bond acceptors (Lipinski definition) is 2. The Labute approximate surface area is 119 Å². The van der Waals surface area contributed by atoms with Crippen molar-refractivity contribution in [3.05, 3.63) is 65.2 Å². The number of benzene rings is 2. The van der Waals surface area contributed by atoms with E-state index in [4.69, 9.17) is 5.73 Å². The normalized spacial score (nSPS) is 12.3. The van der Waals surface area contributed by atoms with Gasteiger partial charge < -0.3 is 10.6 Å². The highest BCUT2D eigenvalue weighted by atomic mass is 19.2. The molecule has 0 aliphatic carbocycles. The molecule has 0 aliphatic heterocycles.